The highest BCUT2D eigenvalue weighted by Crippen LogP contribution is 1.61. The molecule has 1 N–H and O–H groups in total. The van der Waals surface area contributed by atoms with Gasteiger partial charge < -0.3 is 0 Å². The normalized spacial score (nSPS) is 5.40. The van der Waals surface area contributed by atoms with Crippen LogP contribution in [0.5, 0.6) is 0 Å². The van der Waals surface area contributed by atoms with E-state index in [0.717, 1.165) is 0 Å². The van der Waals surface area contributed by atoms with Crippen molar-refractivity contribution in [1.29, 1.82) is 5.53 Å². The van der Waals surface area contributed by atoms with Gasteiger partial charge in [0, 0.05) is 0 Å². The first-order valence-electron chi connectivity index (χ1n) is 1.08. The Balaban J connectivity index is 2.75. The second-order valence-electron chi connectivity index (χ2n) is 0.458. The van der Waals surface area contributed by atoms with Crippen LogP contribution in [0, 0.1) is 12.1 Å². The fourth-order valence-electron chi connectivity index (χ4n) is 0.0354. The molecule has 3 nitrogen and oxygen atoms in total. The molecular formula is C2H3N3. The van der Waals surface area contributed by atoms with Gasteiger partial charge in [0.1, 0.15) is 0 Å². The third-order valence-electron chi connectivity index (χ3n) is 0.141. The van der Waals surface area contributed by atoms with Gasteiger partial charge in [-0.1, -0.05) is 0 Å². The fraction of sp³-hybridized carbons (Fsp3) is 0.500. The van der Waals surface area contributed by atoms with Crippen LogP contribution in [-0.2, 0) is 0 Å². The first-order valence-corrected chi connectivity index (χ1v) is 1.08. The maximum atomic E-state index is 6.01. The van der Waals surface area contributed by atoms with Crippen molar-refractivity contribution >= 4 is 0 Å². The summed E-state index contributed by atoms with van der Waals surface area (Å²) in [5, 5.41) is 2.75. The van der Waals surface area contributed by atoms with Crippen molar-refractivity contribution in [2.45, 2.75) is 0 Å². The third kappa shape index (κ3) is 3.09. The van der Waals surface area contributed by atoms with Crippen LogP contribution in [0.2, 0.25) is 0 Å². The minimum atomic E-state index is -0.0278. The van der Waals surface area contributed by atoms with Crippen molar-refractivity contribution < 1.29 is 0 Å². The van der Waals surface area contributed by atoms with Gasteiger partial charge in [-0.2, -0.15) is 0 Å². The zero-order valence-electron chi connectivity index (χ0n) is 2.60. The van der Waals surface area contributed by atoms with Gasteiger partial charge in [-0.15, -0.1) is 5.11 Å². The molecule has 3 heteroatoms. The van der Waals surface area contributed by atoms with Gasteiger partial charge in [-0.05, 0) is 0 Å². The molecule has 0 saturated carbocycles. The Morgan fingerprint density at radius 3 is 2.60 bits per heavy atom. The lowest BCUT2D eigenvalue weighted by atomic mass is 11.2. The second-order valence-corrected chi connectivity index (χ2v) is 0.458. The van der Waals surface area contributed by atoms with Gasteiger partial charge in [0.25, 0.3) is 0 Å². The average molecular weight is 69.1 g/mol. The van der Waals surface area contributed by atoms with Gasteiger partial charge in [0.2, 0.25) is 0 Å². The van der Waals surface area contributed by atoms with Gasteiger partial charge in [-0.3, -0.25) is 4.85 Å². The summed E-state index contributed by atoms with van der Waals surface area (Å²) in [5.74, 6) is 0. The zero-order chi connectivity index (χ0) is 4.12. The smallest absolute Gasteiger partial charge is 0.289 e. The largest absolute Gasteiger partial charge is 0.322 e. The Hall–Kier alpha value is -0.910. The summed E-state index contributed by atoms with van der Waals surface area (Å²) in [6, 6.07) is 0. The molecule has 0 aliphatic carbocycles. The lowest BCUT2D eigenvalue weighted by Crippen LogP contribution is -1.53. The summed E-state index contributed by atoms with van der Waals surface area (Å²) in [5.41, 5.74) is 6.01. The van der Waals surface area contributed by atoms with Crippen LogP contribution in [0.1, 0.15) is 0 Å². The van der Waals surface area contributed by atoms with Crippen molar-refractivity contribution in [2.75, 3.05) is 6.67 Å². The Bertz CT molecular complexity index is 59.8. The lowest BCUT2D eigenvalue weighted by Gasteiger charge is -1.57. The molecule has 0 amide bonds. The molecule has 0 saturated heterocycles. The van der Waals surface area contributed by atoms with Gasteiger partial charge in [0.05, 0.1) is 0 Å². The van der Waals surface area contributed by atoms with Crippen molar-refractivity contribution in [2.24, 2.45) is 5.11 Å². The summed E-state index contributed by atoms with van der Waals surface area (Å²) in [6.07, 6.45) is 0. The van der Waals surface area contributed by atoms with Crippen LogP contribution in [0.3, 0.4) is 0 Å². The topological polar surface area (TPSA) is 40.6 Å². The number of nitrogens with one attached hydrogen (secondary N) is 1. The molecule has 0 aromatic carbocycles. The maximum Gasteiger partial charge on any atom is 0.322 e. The Morgan fingerprint density at radius 2 is 2.60 bits per heavy atom. The van der Waals surface area contributed by atoms with Gasteiger partial charge in [0.15, 0.2) is 0 Å². The van der Waals surface area contributed by atoms with E-state index in [1.165, 1.54) is 0 Å². The number of hydrogen-bond acceptors (Lipinski definition) is 2. The van der Waals surface area contributed by atoms with E-state index in [1.54, 1.807) is 0 Å². The van der Waals surface area contributed by atoms with Gasteiger partial charge in [-0.25, -0.2) is 12.1 Å². The zero-order valence-corrected chi connectivity index (χ0v) is 2.60. The van der Waals surface area contributed by atoms with Crippen LogP contribution in [0.25, 0.3) is 4.85 Å². The predicted octanol–water partition coefficient (Wildman–Crippen LogP) is 0.894. The molecule has 0 rings (SSSR count). The number of nitrogens with zero attached hydrogens (tertiary/aromatic N) is 2. The molecule has 0 spiro atoms. The predicted molar refractivity (Wildman–Crippen MR) is 16.6 cm³/mol. The van der Waals surface area contributed by atoms with Crippen molar-refractivity contribution in [1.82, 2.24) is 0 Å². The Kier molecular flexibility index (Phi) is 2.53. The van der Waals surface area contributed by atoms with Crippen LogP contribution < -0.4 is 0 Å². The van der Waals surface area contributed by atoms with Crippen molar-refractivity contribution in [3.63, 3.8) is 0 Å². The Labute approximate surface area is 29.9 Å². The molecule has 0 fully saturated rings. The van der Waals surface area contributed by atoms with E-state index >= 15 is 0 Å². The summed E-state index contributed by atoms with van der Waals surface area (Å²) in [4.78, 5) is 2.75. The standard InChI is InChI=1S/C2H3N3/c1-4-2-5-3/h3H,2H2. The summed E-state index contributed by atoms with van der Waals surface area (Å²) < 4.78 is 0. The van der Waals surface area contributed by atoms with Gasteiger partial charge >= 0.3 is 6.67 Å². The van der Waals surface area contributed by atoms with E-state index in [4.69, 9.17) is 12.1 Å². The van der Waals surface area contributed by atoms with E-state index in [2.05, 4.69) is 9.96 Å². The molecule has 0 unspecified atom stereocenters. The highest BCUT2D eigenvalue weighted by molar-refractivity contribution is 4.48. The number of hydrogen-bond donors (Lipinski definition) is 1. The summed E-state index contributed by atoms with van der Waals surface area (Å²) in [6.45, 7) is 5.99. The van der Waals surface area contributed by atoms with Crippen LogP contribution in [0.4, 0.5) is 0 Å². The second kappa shape index (κ2) is 3.09. The maximum absolute atomic E-state index is 6.01. The Morgan fingerprint density at radius 1 is 2.00 bits per heavy atom. The molecule has 0 aliphatic heterocycles. The molecule has 0 atom stereocenters. The minimum Gasteiger partial charge on any atom is -0.289 e. The van der Waals surface area contributed by atoms with E-state index < -0.39 is 0 Å². The number of rotatable bonds is 1. The van der Waals surface area contributed by atoms with E-state index in [1.807, 2.05) is 0 Å². The lowest BCUT2D eigenvalue weighted by molar-refractivity contribution is 1.00. The third-order valence-corrected chi connectivity index (χ3v) is 0.141. The molecular weight excluding hydrogens is 66.0 g/mol. The monoisotopic (exact) mass is 69.0 g/mol. The van der Waals surface area contributed by atoms with Crippen LogP contribution >= 0.6 is 0 Å². The minimum absolute atomic E-state index is 0.0278. The van der Waals surface area contributed by atoms with E-state index in [9.17, 15) is 0 Å². The highest BCUT2D eigenvalue weighted by Gasteiger charge is 1.60. The average Bonchev–Trinajstić information content (AvgIpc) is 1.41. The highest BCUT2D eigenvalue weighted by atomic mass is 15.0. The quantitative estimate of drug-likeness (QED) is 0.351. The molecule has 0 aliphatic rings. The fourth-order valence-corrected chi connectivity index (χ4v) is 0.0354. The van der Waals surface area contributed by atoms with Crippen molar-refractivity contribution in [3.05, 3.63) is 11.4 Å². The summed E-state index contributed by atoms with van der Waals surface area (Å²) >= 11 is 0. The van der Waals surface area contributed by atoms with Crippen LogP contribution in [-0.4, -0.2) is 6.67 Å². The molecule has 0 aromatic rings. The molecule has 26 valence electrons. The van der Waals surface area contributed by atoms with Crippen molar-refractivity contribution in [3.8, 4) is 0 Å². The van der Waals surface area contributed by atoms with E-state index in [0.29, 0.717) is 0 Å². The molecule has 0 bridgehead atoms. The molecule has 0 radical (unpaired) electrons. The first-order chi connectivity index (χ1) is 2.41. The van der Waals surface area contributed by atoms with E-state index in [-0.39, 0.29) is 6.67 Å². The SMILES string of the molecule is [C-]#[N+]CN=N. The molecule has 0 aromatic heterocycles. The molecule has 0 heterocycles. The first kappa shape index (κ1) is 4.09. The summed E-state index contributed by atoms with van der Waals surface area (Å²) in [7, 11) is 0. The molecule has 5 heavy (non-hydrogen) atoms. The van der Waals surface area contributed by atoms with Crippen LogP contribution in [0.15, 0.2) is 5.11 Å².